The van der Waals surface area contributed by atoms with E-state index < -0.39 is 23.1 Å². The molecule has 0 saturated carbocycles. The van der Waals surface area contributed by atoms with Crippen LogP contribution in [0.2, 0.25) is 5.02 Å². The number of benzene rings is 1. The summed E-state index contributed by atoms with van der Waals surface area (Å²) < 4.78 is 63.9. The molecule has 16 heavy (non-hydrogen) atoms. The molecule has 1 aromatic carbocycles. The Balaban J connectivity index is 3.02. The van der Waals surface area contributed by atoms with E-state index in [0.29, 0.717) is 0 Å². The fourth-order valence-corrected chi connectivity index (χ4v) is 1.11. The van der Waals surface area contributed by atoms with Crippen molar-refractivity contribution < 1.29 is 26.7 Å². The first-order valence-electron chi connectivity index (χ1n) is 3.74. The van der Waals surface area contributed by atoms with Crippen LogP contribution in [0.3, 0.4) is 0 Å². The van der Waals surface area contributed by atoms with Crippen LogP contribution in [0.4, 0.5) is 22.0 Å². The summed E-state index contributed by atoms with van der Waals surface area (Å²) in [4.78, 5) is -0.0721. The normalized spacial score (nSPS) is 12.6. The van der Waals surface area contributed by atoms with Crippen molar-refractivity contribution in [3.8, 4) is 5.75 Å². The van der Waals surface area contributed by atoms with Crippen LogP contribution in [0.15, 0.2) is 23.1 Å². The van der Waals surface area contributed by atoms with Crippen molar-refractivity contribution in [1.82, 2.24) is 0 Å². The van der Waals surface area contributed by atoms with Gasteiger partial charge in [-0.2, -0.15) is 22.0 Å². The molecule has 0 heterocycles. The maximum Gasteiger partial charge on any atom is 0.499 e. The number of hydrogen-bond acceptors (Lipinski definition) is 1. The van der Waals surface area contributed by atoms with Crippen LogP contribution in [-0.2, 0) is 0 Å². The minimum absolute atomic E-state index is 0.0721. The molecule has 0 aliphatic rings. The molecule has 0 amide bonds. The van der Waals surface area contributed by atoms with Crippen molar-refractivity contribution in [2.45, 2.75) is 17.2 Å². The SMILES string of the molecule is FC(F)(F)C(F)(F)Oc1cccc([S])c1Cl. The summed E-state index contributed by atoms with van der Waals surface area (Å²) in [6.07, 6.45) is -11.1. The number of rotatable bonds is 2. The first-order valence-corrected chi connectivity index (χ1v) is 4.53. The van der Waals surface area contributed by atoms with Gasteiger partial charge in [0.2, 0.25) is 0 Å². The van der Waals surface area contributed by atoms with E-state index in [4.69, 9.17) is 11.6 Å². The average molecular weight is 278 g/mol. The van der Waals surface area contributed by atoms with Crippen molar-refractivity contribution in [1.29, 1.82) is 0 Å². The summed E-state index contributed by atoms with van der Waals surface area (Å²) >= 11 is 10.0. The Morgan fingerprint density at radius 1 is 1.12 bits per heavy atom. The smallest absolute Gasteiger partial charge is 0.424 e. The second kappa shape index (κ2) is 4.21. The van der Waals surface area contributed by atoms with E-state index in [2.05, 4.69) is 17.4 Å². The summed E-state index contributed by atoms with van der Waals surface area (Å²) in [6, 6.07) is 3.31. The topological polar surface area (TPSA) is 9.23 Å². The number of halogens is 6. The number of alkyl halides is 5. The molecule has 1 nitrogen and oxygen atoms in total. The molecule has 0 aliphatic carbocycles. The van der Waals surface area contributed by atoms with Gasteiger partial charge in [0.1, 0.15) is 10.8 Å². The van der Waals surface area contributed by atoms with Gasteiger partial charge < -0.3 is 4.74 Å². The predicted molar refractivity (Wildman–Crippen MR) is 48.9 cm³/mol. The highest BCUT2D eigenvalue weighted by atomic mass is 35.5. The van der Waals surface area contributed by atoms with Gasteiger partial charge in [-0.05, 0) is 12.1 Å². The van der Waals surface area contributed by atoms with Crippen molar-refractivity contribution >= 4 is 24.2 Å². The third kappa shape index (κ3) is 2.65. The fourth-order valence-electron chi connectivity index (χ4n) is 0.765. The Kier molecular flexibility index (Phi) is 3.49. The molecule has 0 saturated heterocycles. The zero-order chi connectivity index (χ0) is 12.6. The Bertz CT molecular complexity index is 393. The van der Waals surface area contributed by atoms with Crippen molar-refractivity contribution in [3.05, 3.63) is 23.2 Å². The van der Waals surface area contributed by atoms with Crippen LogP contribution in [0, 0.1) is 0 Å². The molecule has 0 bridgehead atoms. The van der Waals surface area contributed by atoms with E-state index in [0.717, 1.165) is 12.1 Å². The zero-order valence-corrected chi connectivity index (χ0v) is 8.89. The molecule has 0 N–H and O–H groups in total. The van der Waals surface area contributed by atoms with Gasteiger partial charge >= 0.3 is 12.3 Å². The van der Waals surface area contributed by atoms with E-state index in [9.17, 15) is 22.0 Å². The third-order valence-corrected chi connectivity index (χ3v) is 2.34. The van der Waals surface area contributed by atoms with Crippen LogP contribution in [0.25, 0.3) is 0 Å². The van der Waals surface area contributed by atoms with Crippen LogP contribution < -0.4 is 4.74 Å². The highest BCUT2D eigenvalue weighted by Crippen LogP contribution is 2.40. The lowest BCUT2D eigenvalue weighted by Crippen LogP contribution is -2.41. The Labute approximate surface area is 97.6 Å². The van der Waals surface area contributed by atoms with Crippen molar-refractivity contribution in [3.63, 3.8) is 0 Å². The lowest BCUT2D eigenvalue weighted by molar-refractivity contribution is -0.360. The molecule has 0 aliphatic heterocycles. The highest BCUT2D eigenvalue weighted by Gasteiger charge is 2.61. The first kappa shape index (κ1) is 13.2. The molecule has 0 aromatic heterocycles. The highest BCUT2D eigenvalue weighted by molar-refractivity contribution is 7.80. The summed E-state index contributed by atoms with van der Waals surface area (Å²) in [7, 11) is 0. The minimum atomic E-state index is -5.81. The first-order chi connectivity index (χ1) is 7.15. The summed E-state index contributed by atoms with van der Waals surface area (Å²) in [5.74, 6) is -0.809. The summed E-state index contributed by atoms with van der Waals surface area (Å²) in [5.41, 5.74) is 0. The second-order valence-corrected chi connectivity index (χ2v) is 3.50. The van der Waals surface area contributed by atoms with Gasteiger partial charge in [0, 0.05) is 0 Å². The van der Waals surface area contributed by atoms with Gasteiger partial charge in [0.15, 0.2) is 0 Å². The summed E-state index contributed by atoms with van der Waals surface area (Å²) in [6.45, 7) is 0. The Hall–Kier alpha value is -0.820. The van der Waals surface area contributed by atoms with Gasteiger partial charge in [-0.15, -0.1) is 0 Å². The largest absolute Gasteiger partial charge is 0.499 e. The van der Waals surface area contributed by atoms with E-state index in [1.807, 2.05) is 0 Å². The van der Waals surface area contributed by atoms with E-state index in [1.54, 1.807) is 0 Å². The van der Waals surface area contributed by atoms with Gasteiger partial charge in [-0.1, -0.05) is 30.3 Å². The minimum Gasteiger partial charge on any atom is -0.424 e. The Morgan fingerprint density at radius 2 is 1.69 bits per heavy atom. The number of ether oxygens (including phenoxy) is 1. The standard InChI is InChI=1S/C8H3ClF5OS/c9-6-4(2-1-3-5(6)16)15-8(13,14)7(10,11)12/h1-3H. The maximum atomic E-state index is 12.5. The average Bonchev–Trinajstić information content (AvgIpc) is 2.11. The van der Waals surface area contributed by atoms with Crippen LogP contribution >= 0.6 is 24.2 Å². The van der Waals surface area contributed by atoms with Gasteiger partial charge in [0.25, 0.3) is 0 Å². The van der Waals surface area contributed by atoms with Crippen molar-refractivity contribution in [2.24, 2.45) is 0 Å². The van der Waals surface area contributed by atoms with Gasteiger partial charge in [-0.3, -0.25) is 0 Å². The molecule has 1 aromatic rings. The van der Waals surface area contributed by atoms with Crippen LogP contribution in [-0.4, -0.2) is 12.3 Å². The molecule has 8 heteroatoms. The monoisotopic (exact) mass is 277 g/mol. The predicted octanol–water partition coefficient (Wildman–Crippen LogP) is 4.43. The number of hydrogen-bond donors (Lipinski definition) is 0. The second-order valence-electron chi connectivity index (χ2n) is 2.68. The van der Waals surface area contributed by atoms with Gasteiger partial charge in [0.05, 0.1) is 4.90 Å². The molecule has 0 unspecified atom stereocenters. The van der Waals surface area contributed by atoms with E-state index in [1.165, 1.54) is 6.07 Å². The molecular formula is C8H3ClF5OS. The van der Waals surface area contributed by atoms with E-state index in [-0.39, 0.29) is 4.90 Å². The maximum absolute atomic E-state index is 12.5. The summed E-state index contributed by atoms with van der Waals surface area (Å²) in [5, 5.41) is -0.457. The zero-order valence-electron chi connectivity index (χ0n) is 7.32. The Morgan fingerprint density at radius 3 is 2.19 bits per heavy atom. The lowest BCUT2D eigenvalue weighted by atomic mass is 10.3. The molecule has 1 radical (unpaired) electrons. The van der Waals surface area contributed by atoms with E-state index >= 15 is 0 Å². The third-order valence-electron chi connectivity index (χ3n) is 1.50. The molecule has 1 rings (SSSR count). The molecule has 0 fully saturated rings. The lowest BCUT2D eigenvalue weighted by Gasteiger charge is -2.20. The van der Waals surface area contributed by atoms with Crippen LogP contribution in [0.1, 0.15) is 0 Å². The molecular weight excluding hydrogens is 275 g/mol. The fraction of sp³-hybridized carbons (Fsp3) is 0.250. The van der Waals surface area contributed by atoms with Crippen molar-refractivity contribution in [2.75, 3.05) is 0 Å². The molecule has 89 valence electrons. The van der Waals surface area contributed by atoms with Gasteiger partial charge in [-0.25, -0.2) is 0 Å². The quantitative estimate of drug-likeness (QED) is 0.727. The van der Waals surface area contributed by atoms with Crippen LogP contribution in [0.5, 0.6) is 5.75 Å². The molecule has 0 spiro atoms. The molecule has 0 atom stereocenters.